The lowest BCUT2D eigenvalue weighted by Crippen LogP contribution is -2.64. The van der Waals surface area contributed by atoms with E-state index in [1.807, 2.05) is 67.6 Å². The smallest absolute Gasteiger partial charge is 0.343 e. The van der Waals surface area contributed by atoms with Gasteiger partial charge in [-0.3, -0.25) is 4.79 Å². The van der Waals surface area contributed by atoms with E-state index in [9.17, 15) is 9.59 Å². The minimum absolute atomic E-state index is 0.0950. The molecule has 0 radical (unpaired) electrons. The van der Waals surface area contributed by atoms with Crippen molar-refractivity contribution in [3.8, 4) is 0 Å². The van der Waals surface area contributed by atoms with E-state index in [1.54, 1.807) is 6.92 Å². The molecule has 3 rings (SSSR count). The van der Waals surface area contributed by atoms with Crippen LogP contribution in [0.4, 0.5) is 0 Å². The van der Waals surface area contributed by atoms with Crippen LogP contribution in [0.3, 0.4) is 0 Å². The molecule has 1 aliphatic rings. The second-order valence-electron chi connectivity index (χ2n) is 10.3. The molecule has 0 bridgehead atoms. The molecule has 33 heavy (non-hydrogen) atoms. The highest BCUT2D eigenvalue weighted by Crippen LogP contribution is 2.56. The quantitative estimate of drug-likeness (QED) is 0.369. The lowest BCUT2D eigenvalue weighted by molar-refractivity contribution is -0.191. The first-order chi connectivity index (χ1) is 15.4. The summed E-state index contributed by atoms with van der Waals surface area (Å²) in [5.41, 5.74) is -1.28. The van der Waals surface area contributed by atoms with E-state index in [0.717, 1.165) is 11.1 Å². The highest BCUT2D eigenvalue weighted by molar-refractivity contribution is 6.74. The number of rotatable bonds is 7. The zero-order chi connectivity index (χ0) is 24.5. The minimum Gasteiger partial charge on any atom is -0.459 e. The Kier molecular flexibility index (Phi) is 6.92. The van der Waals surface area contributed by atoms with Crippen molar-refractivity contribution in [3.63, 3.8) is 0 Å². The fraction of sp³-hybridized carbons (Fsp3) is 0.481. The predicted molar refractivity (Wildman–Crippen MR) is 131 cm³/mol. The maximum absolute atomic E-state index is 14.1. The van der Waals surface area contributed by atoms with Gasteiger partial charge in [-0.05, 0) is 42.6 Å². The van der Waals surface area contributed by atoms with Crippen LogP contribution in [0.15, 0.2) is 60.7 Å². The third-order valence-corrected chi connectivity index (χ3v) is 11.8. The number of esters is 2. The summed E-state index contributed by atoms with van der Waals surface area (Å²) in [5, 5.41) is -0.193. The Bertz CT molecular complexity index is 983. The number of carbonyl (C=O) groups excluding carboxylic acids is 2. The van der Waals surface area contributed by atoms with Crippen molar-refractivity contribution in [1.29, 1.82) is 0 Å². The molecule has 0 spiro atoms. The van der Waals surface area contributed by atoms with Crippen LogP contribution >= 0.6 is 0 Å². The first-order valence-electron chi connectivity index (χ1n) is 11.6. The van der Waals surface area contributed by atoms with Crippen molar-refractivity contribution in [3.05, 3.63) is 71.8 Å². The Hall–Kier alpha value is -2.44. The largest absolute Gasteiger partial charge is 0.459 e. The molecule has 5 nitrogen and oxygen atoms in total. The third-order valence-electron chi connectivity index (χ3n) is 7.31. The van der Waals surface area contributed by atoms with Crippen molar-refractivity contribution in [2.24, 2.45) is 5.92 Å². The molecule has 0 amide bonds. The van der Waals surface area contributed by atoms with E-state index in [0.29, 0.717) is 6.42 Å². The number of ether oxygens (including phenoxy) is 2. The molecule has 1 fully saturated rings. The van der Waals surface area contributed by atoms with Gasteiger partial charge in [-0.2, -0.15) is 0 Å². The molecule has 0 aromatic heterocycles. The van der Waals surface area contributed by atoms with E-state index in [1.165, 1.54) is 0 Å². The van der Waals surface area contributed by atoms with Crippen LogP contribution in [0.1, 0.15) is 52.2 Å². The van der Waals surface area contributed by atoms with Crippen molar-refractivity contribution < 1.29 is 23.5 Å². The summed E-state index contributed by atoms with van der Waals surface area (Å²) < 4.78 is 19.0. The summed E-state index contributed by atoms with van der Waals surface area (Å²) in [6.45, 7) is 14.2. The maximum atomic E-state index is 14.1. The van der Waals surface area contributed by atoms with Gasteiger partial charge in [0.1, 0.15) is 6.61 Å². The molecule has 2 aromatic carbocycles. The lowest BCUT2D eigenvalue weighted by Gasteiger charge is -2.49. The molecule has 178 valence electrons. The predicted octanol–water partition coefficient (Wildman–Crippen LogP) is 5.99. The topological polar surface area (TPSA) is 61.8 Å². The molecule has 1 aliphatic heterocycles. The minimum atomic E-state index is -2.56. The SMILES string of the molecule is CC[C@@]1(c2ccccc2)OC(=O)[C@@H](C)[C@@]1(O[Si](C)(C)C(C)(C)C)C(=O)OCc1ccccc1. The van der Waals surface area contributed by atoms with Gasteiger partial charge in [-0.15, -0.1) is 0 Å². The second-order valence-corrected chi connectivity index (χ2v) is 15.1. The van der Waals surface area contributed by atoms with Gasteiger partial charge in [0, 0.05) is 0 Å². The Balaban J connectivity index is 2.18. The number of hydrogen-bond acceptors (Lipinski definition) is 5. The monoisotopic (exact) mass is 468 g/mol. The molecule has 0 unspecified atom stereocenters. The maximum Gasteiger partial charge on any atom is 0.343 e. The van der Waals surface area contributed by atoms with E-state index in [4.69, 9.17) is 13.9 Å². The molecular formula is C27H36O5Si. The zero-order valence-corrected chi connectivity index (χ0v) is 21.8. The van der Waals surface area contributed by atoms with Crippen LogP contribution in [-0.2, 0) is 35.7 Å². The fourth-order valence-electron chi connectivity index (χ4n) is 4.31. The van der Waals surface area contributed by atoms with Crippen LogP contribution in [-0.4, -0.2) is 25.9 Å². The number of hydrogen-bond donors (Lipinski definition) is 0. The van der Waals surface area contributed by atoms with Crippen molar-refractivity contribution >= 4 is 20.3 Å². The average molecular weight is 469 g/mol. The summed E-state index contributed by atoms with van der Waals surface area (Å²) in [7, 11) is -2.56. The van der Waals surface area contributed by atoms with Gasteiger partial charge in [0.05, 0.1) is 5.92 Å². The Labute approximate surface area is 198 Å². The number of benzene rings is 2. The lowest BCUT2D eigenvalue weighted by atomic mass is 9.71. The van der Waals surface area contributed by atoms with E-state index < -0.39 is 37.4 Å². The van der Waals surface area contributed by atoms with Gasteiger partial charge >= 0.3 is 11.9 Å². The standard InChI is InChI=1S/C27H36O5Si/c1-8-26(22-17-13-10-14-18-22)27(20(2)23(28)31-26,32-33(6,7)25(3,4)5)24(29)30-19-21-15-11-9-12-16-21/h9-18,20H,8,19H2,1-7H3/t20-,26+,27-/m1/s1. The first-order valence-corrected chi connectivity index (χ1v) is 14.5. The summed E-state index contributed by atoms with van der Waals surface area (Å²) in [6, 6.07) is 19.0. The third kappa shape index (κ3) is 4.26. The second kappa shape index (κ2) is 9.07. The van der Waals surface area contributed by atoms with Crippen LogP contribution in [0.2, 0.25) is 18.1 Å². The van der Waals surface area contributed by atoms with Crippen LogP contribution in [0.25, 0.3) is 0 Å². The Morgan fingerprint density at radius 1 is 1.03 bits per heavy atom. The summed E-state index contributed by atoms with van der Waals surface area (Å²) >= 11 is 0. The highest BCUT2D eigenvalue weighted by Gasteiger charge is 2.73. The van der Waals surface area contributed by atoms with E-state index in [2.05, 4.69) is 33.9 Å². The molecule has 2 aromatic rings. The highest BCUT2D eigenvalue weighted by atomic mass is 28.4. The van der Waals surface area contributed by atoms with Gasteiger partial charge in [-0.1, -0.05) is 88.4 Å². The van der Waals surface area contributed by atoms with Gasteiger partial charge in [0.2, 0.25) is 5.60 Å². The first kappa shape index (κ1) is 25.2. The normalized spacial score (nSPS) is 25.5. The van der Waals surface area contributed by atoms with Gasteiger partial charge in [0.15, 0.2) is 13.9 Å². The van der Waals surface area contributed by atoms with E-state index >= 15 is 0 Å². The van der Waals surface area contributed by atoms with Crippen LogP contribution in [0, 0.1) is 5.92 Å². The van der Waals surface area contributed by atoms with E-state index in [-0.39, 0.29) is 11.6 Å². The summed E-state index contributed by atoms with van der Waals surface area (Å²) in [5.74, 6) is -1.83. The zero-order valence-electron chi connectivity index (χ0n) is 20.8. The van der Waals surface area contributed by atoms with Crippen LogP contribution in [0.5, 0.6) is 0 Å². The number of carbonyl (C=O) groups is 2. The fourth-order valence-corrected chi connectivity index (χ4v) is 5.85. The summed E-state index contributed by atoms with van der Waals surface area (Å²) in [6.07, 6.45) is 0.377. The molecule has 6 heteroatoms. The van der Waals surface area contributed by atoms with Crippen molar-refractivity contribution in [2.45, 2.75) is 77.0 Å². The molecule has 0 aliphatic carbocycles. The molecule has 0 saturated carbocycles. The molecule has 3 atom stereocenters. The summed E-state index contributed by atoms with van der Waals surface area (Å²) in [4.78, 5) is 27.2. The van der Waals surface area contributed by atoms with Crippen molar-refractivity contribution in [1.82, 2.24) is 0 Å². The molecule has 1 saturated heterocycles. The Morgan fingerprint density at radius 3 is 2.09 bits per heavy atom. The Morgan fingerprint density at radius 2 is 1.58 bits per heavy atom. The number of cyclic esters (lactones) is 1. The van der Waals surface area contributed by atoms with Crippen LogP contribution < -0.4 is 0 Å². The van der Waals surface area contributed by atoms with Gasteiger partial charge in [-0.25, -0.2) is 4.79 Å². The average Bonchev–Trinajstić information content (AvgIpc) is 3.00. The van der Waals surface area contributed by atoms with Gasteiger partial charge in [0.25, 0.3) is 0 Å². The molecule has 0 N–H and O–H groups in total. The van der Waals surface area contributed by atoms with Crippen molar-refractivity contribution in [2.75, 3.05) is 0 Å². The molecular weight excluding hydrogens is 432 g/mol. The molecule has 1 heterocycles. The van der Waals surface area contributed by atoms with Gasteiger partial charge < -0.3 is 13.9 Å².